The standard InChI is InChI=1S/C10H7BrN2O/c11-8-3-1-2-6-4-7(5-12)10(14)13-9(6)8/h1-3,7H,4H2,(H,13,14). The molecular weight excluding hydrogens is 244 g/mol. The number of hydrogen-bond donors (Lipinski definition) is 1. The Morgan fingerprint density at radius 1 is 1.57 bits per heavy atom. The van der Waals surface area contributed by atoms with Gasteiger partial charge in [-0.25, -0.2) is 0 Å². The van der Waals surface area contributed by atoms with Gasteiger partial charge in [0, 0.05) is 4.47 Å². The minimum absolute atomic E-state index is 0.216. The van der Waals surface area contributed by atoms with E-state index < -0.39 is 5.92 Å². The summed E-state index contributed by atoms with van der Waals surface area (Å²) in [5, 5.41) is 11.5. The van der Waals surface area contributed by atoms with E-state index in [1.54, 1.807) is 0 Å². The number of hydrogen-bond acceptors (Lipinski definition) is 2. The zero-order chi connectivity index (χ0) is 10.1. The van der Waals surface area contributed by atoms with E-state index in [0.29, 0.717) is 6.42 Å². The first-order valence-corrected chi connectivity index (χ1v) is 4.99. The van der Waals surface area contributed by atoms with Crippen LogP contribution in [0.2, 0.25) is 0 Å². The third kappa shape index (κ3) is 1.40. The molecule has 0 bridgehead atoms. The average Bonchev–Trinajstić information content (AvgIpc) is 2.19. The van der Waals surface area contributed by atoms with Crippen LogP contribution in [0.5, 0.6) is 0 Å². The molecule has 14 heavy (non-hydrogen) atoms. The highest BCUT2D eigenvalue weighted by Crippen LogP contribution is 2.31. The van der Waals surface area contributed by atoms with E-state index in [-0.39, 0.29) is 5.91 Å². The van der Waals surface area contributed by atoms with Gasteiger partial charge in [0.25, 0.3) is 0 Å². The van der Waals surface area contributed by atoms with Crippen molar-refractivity contribution in [2.24, 2.45) is 5.92 Å². The van der Waals surface area contributed by atoms with Gasteiger partial charge in [0.05, 0.1) is 11.8 Å². The molecule has 1 aliphatic rings. The number of halogens is 1. The van der Waals surface area contributed by atoms with Crippen molar-refractivity contribution in [3.63, 3.8) is 0 Å². The highest BCUT2D eigenvalue weighted by atomic mass is 79.9. The Kier molecular flexibility index (Phi) is 2.26. The Labute approximate surface area is 89.9 Å². The summed E-state index contributed by atoms with van der Waals surface area (Å²) in [5.41, 5.74) is 1.80. The van der Waals surface area contributed by atoms with Gasteiger partial charge in [-0.2, -0.15) is 5.26 Å². The van der Waals surface area contributed by atoms with Gasteiger partial charge in [-0.1, -0.05) is 12.1 Å². The number of carbonyl (C=O) groups excluding carboxylic acids is 1. The summed E-state index contributed by atoms with van der Waals surface area (Å²) in [6.07, 6.45) is 0.497. The molecule has 1 aromatic carbocycles. The molecule has 0 radical (unpaired) electrons. The molecule has 1 aliphatic heterocycles. The van der Waals surface area contributed by atoms with Crippen LogP contribution in [0.15, 0.2) is 22.7 Å². The van der Waals surface area contributed by atoms with E-state index >= 15 is 0 Å². The minimum Gasteiger partial charge on any atom is -0.324 e. The Hall–Kier alpha value is -1.34. The molecule has 1 N–H and O–H groups in total. The molecule has 1 heterocycles. The van der Waals surface area contributed by atoms with Crippen molar-refractivity contribution in [1.82, 2.24) is 0 Å². The van der Waals surface area contributed by atoms with Crippen LogP contribution >= 0.6 is 15.9 Å². The molecule has 70 valence electrons. The highest BCUT2D eigenvalue weighted by molar-refractivity contribution is 9.10. The van der Waals surface area contributed by atoms with E-state index in [9.17, 15) is 4.79 Å². The van der Waals surface area contributed by atoms with Crippen LogP contribution in [0.4, 0.5) is 5.69 Å². The maximum absolute atomic E-state index is 11.4. The molecule has 0 aliphatic carbocycles. The second-order valence-electron chi connectivity index (χ2n) is 3.15. The zero-order valence-electron chi connectivity index (χ0n) is 7.25. The molecule has 1 atom stereocenters. The van der Waals surface area contributed by atoms with E-state index in [4.69, 9.17) is 5.26 Å². The molecule has 0 aromatic heterocycles. The second kappa shape index (κ2) is 3.43. The van der Waals surface area contributed by atoms with Crippen molar-refractivity contribution in [3.8, 4) is 6.07 Å². The van der Waals surface area contributed by atoms with Crippen molar-refractivity contribution in [3.05, 3.63) is 28.2 Å². The number of fused-ring (bicyclic) bond motifs is 1. The molecule has 0 saturated heterocycles. The van der Waals surface area contributed by atoms with Gasteiger partial charge in [0.1, 0.15) is 5.92 Å². The van der Waals surface area contributed by atoms with Crippen LogP contribution in [-0.4, -0.2) is 5.91 Å². The Morgan fingerprint density at radius 2 is 2.36 bits per heavy atom. The highest BCUT2D eigenvalue weighted by Gasteiger charge is 2.26. The quantitative estimate of drug-likeness (QED) is 0.767. The third-order valence-corrected chi connectivity index (χ3v) is 2.91. The predicted molar refractivity (Wildman–Crippen MR) is 55.6 cm³/mol. The van der Waals surface area contributed by atoms with Gasteiger partial charge in [0.15, 0.2) is 0 Å². The molecular formula is C10H7BrN2O. The van der Waals surface area contributed by atoms with Gasteiger partial charge < -0.3 is 5.32 Å². The Bertz CT molecular complexity index is 436. The number of amides is 1. The lowest BCUT2D eigenvalue weighted by Gasteiger charge is -2.21. The van der Waals surface area contributed by atoms with Crippen molar-refractivity contribution >= 4 is 27.5 Å². The van der Waals surface area contributed by atoms with Crippen molar-refractivity contribution in [2.75, 3.05) is 5.32 Å². The van der Waals surface area contributed by atoms with Gasteiger partial charge in [-0.3, -0.25) is 4.79 Å². The lowest BCUT2D eigenvalue weighted by atomic mass is 9.94. The summed E-state index contributed by atoms with van der Waals surface area (Å²) in [4.78, 5) is 11.4. The van der Waals surface area contributed by atoms with Gasteiger partial charge in [-0.05, 0) is 34.0 Å². The number of carbonyl (C=O) groups is 1. The fourth-order valence-corrected chi connectivity index (χ4v) is 2.01. The summed E-state index contributed by atoms with van der Waals surface area (Å²) in [5.74, 6) is -0.774. The van der Waals surface area contributed by atoms with Crippen LogP contribution in [0, 0.1) is 17.2 Å². The average molecular weight is 251 g/mol. The first-order valence-electron chi connectivity index (χ1n) is 4.20. The zero-order valence-corrected chi connectivity index (χ0v) is 8.84. The number of nitriles is 1. The fraction of sp³-hybridized carbons (Fsp3) is 0.200. The van der Waals surface area contributed by atoms with Crippen LogP contribution < -0.4 is 5.32 Å². The molecule has 3 nitrogen and oxygen atoms in total. The number of anilines is 1. The van der Waals surface area contributed by atoms with Crippen molar-refractivity contribution in [2.45, 2.75) is 6.42 Å². The van der Waals surface area contributed by atoms with E-state index in [2.05, 4.69) is 21.2 Å². The van der Waals surface area contributed by atoms with Gasteiger partial charge in [0.2, 0.25) is 5.91 Å². The number of benzene rings is 1. The lowest BCUT2D eigenvalue weighted by molar-refractivity contribution is -0.118. The van der Waals surface area contributed by atoms with E-state index in [0.717, 1.165) is 15.7 Å². The minimum atomic E-state index is -0.559. The molecule has 0 saturated carbocycles. The van der Waals surface area contributed by atoms with Crippen molar-refractivity contribution < 1.29 is 4.79 Å². The van der Waals surface area contributed by atoms with Crippen LogP contribution in [0.25, 0.3) is 0 Å². The summed E-state index contributed by atoms with van der Waals surface area (Å²) < 4.78 is 0.861. The predicted octanol–water partition coefficient (Wildman–Crippen LogP) is 2.08. The maximum atomic E-state index is 11.4. The normalized spacial score (nSPS) is 19.4. The molecule has 0 fully saturated rings. The van der Waals surface area contributed by atoms with Gasteiger partial charge in [-0.15, -0.1) is 0 Å². The second-order valence-corrected chi connectivity index (χ2v) is 4.00. The number of para-hydroxylation sites is 1. The van der Waals surface area contributed by atoms with Crippen molar-refractivity contribution in [1.29, 1.82) is 5.26 Å². The monoisotopic (exact) mass is 250 g/mol. The lowest BCUT2D eigenvalue weighted by Crippen LogP contribution is -2.28. The Balaban J connectivity index is 2.46. The number of nitrogens with one attached hydrogen (secondary N) is 1. The smallest absolute Gasteiger partial charge is 0.242 e. The van der Waals surface area contributed by atoms with Crippen LogP contribution in [0.3, 0.4) is 0 Å². The SMILES string of the molecule is N#CC1Cc2cccc(Br)c2NC1=O. The molecule has 2 rings (SSSR count). The van der Waals surface area contributed by atoms with E-state index in [1.807, 2.05) is 24.3 Å². The fourth-order valence-electron chi connectivity index (χ4n) is 1.51. The van der Waals surface area contributed by atoms with Gasteiger partial charge >= 0.3 is 0 Å². The molecule has 4 heteroatoms. The van der Waals surface area contributed by atoms with E-state index in [1.165, 1.54) is 0 Å². The topological polar surface area (TPSA) is 52.9 Å². The summed E-state index contributed by atoms with van der Waals surface area (Å²) >= 11 is 3.35. The first kappa shape index (κ1) is 9.22. The number of nitrogens with zero attached hydrogens (tertiary/aromatic N) is 1. The summed E-state index contributed by atoms with van der Waals surface area (Å²) in [7, 11) is 0. The maximum Gasteiger partial charge on any atom is 0.242 e. The summed E-state index contributed by atoms with van der Waals surface area (Å²) in [6, 6.07) is 7.67. The molecule has 1 amide bonds. The Morgan fingerprint density at radius 3 is 3.07 bits per heavy atom. The van der Waals surface area contributed by atoms with Crippen LogP contribution in [0.1, 0.15) is 5.56 Å². The molecule has 1 unspecified atom stereocenters. The molecule has 0 spiro atoms. The first-order chi connectivity index (χ1) is 6.72. The molecule has 1 aromatic rings. The third-order valence-electron chi connectivity index (χ3n) is 2.24. The summed E-state index contributed by atoms with van der Waals surface area (Å²) in [6.45, 7) is 0. The number of rotatable bonds is 0. The largest absolute Gasteiger partial charge is 0.324 e. The van der Waals surface area contributed by atoms with Crippen LogP contribution in [-0.2, 0) is 11.2 Å².